The molecule has 76 valence electrons. The molecule has 1 aromatic heterocycles. The van der Waals surface area contributed by atoms with Crippen molar-refractivity contribution in [1.82, 2.24) is 10.2 Å². The predicted molar refractivity (Wildman–Crippen MR) is 57.7 cm³/mol. The van der Waals surface area contributed by atoms with Gasteiger partial charge in [-0.25, -0.2) is 0 Å². The van der Waals surface area contributed by atoms with Gasteiger partial charge in [-0.3, -0.25) is 0 Å². The summed E-state index contributed by atoms with van der Waals surface area (Å²) < 4.78 is 5.56. The average molecular weight is 201 g/mol. The van der Waals surface area contributed by atoms with E-state index in [0.717, 1.165) is 11.4 Å². The summed E-state index contributed by atoms with van der Waals surface area (Å²) in [5.41, 5.74) is 7.10. The molecular formula is C11H11N3O. The maximum absolute atomic E-state index is 5.57. The van der Waals surface area contributed by atoms with E-state index in [-0.39, 0.29) is 0 Å². The van der Waals surface area contributed by atoms with Gasteiger partial charge in [-0.2, -0.15) is 10.2 Å². The molecule has 2 N–H and O–H groups in total. The van der Waals surface area contributed by atoms with Crippen molar-refractivity contribution in [3.05, 3.63) is 42.2 Å². The molecule has 0 fully saturated rings. The first kappa shape index (κ1) is 9.45. The second kappa shape index (κ2) is 3.96. The molecule has 15 heavy (non-hydrogen) atoms. The molecule has 0 aliphatic heterocycles. The van der Waals surface area contributed by atoms with Crippen LogP contribution in [0.5, 0.6) is 11.5 Å². The molecule has 1 heterocycles. The number of rotatable bonds is 2. The maximum atomic E-state index is 5.57. The van der Waals surface area contributed by atoms with Gasteiger partial charge in [0.25, 0.3) is 0 Å². The van der Waals surface area contributed by atoms with Crippen molar-refractivity contribution >= 4 is 5.69 Å². The fourth-order valence-corrected chi connectivity index (χ4v) is 1.18. The molecule has 1 aromatic carbocycles. The van der Waals surface area contributed by atoms with Crippen LogP contribution in [0, 0.1) is 6.92 Å². The van der Waals surface area contributed by atoms with Crippen molar-refractivity contribution in [3.8, 4) is 11.5 Å². The van der Waals surface area contributed by atoms with E-state index in [1.807, 2.05) is 25.1 Å². The summed E-state index contributed by atoms with van der Waals surface area (Å²) in [6.45, 7) is 1.86. The van der Waals surface area contributed by atoms with Crippen LogP contribution in [0.1, 0.15) is 5.69 Å². The quantitative estimate of drug-likeness (QED) is 0.756. The summed E-state index contributed by atoms with van der Waals surface area (Å²) in [7, 11) is 0. The summed E-state index contributed by atoms with van der Waals surface area (Å²) in [5.74, 6) is 1.41. The molecule has 0 aliphatic carbocycles. The highest BCUT2D eigenvalue weighted by Gasteiger charge is 1.98. The lowest BCUT2D eigenvalue weighted by Gasteiger charge is -2.05. The summed E-state index contributed by atoms with van der Waals surface area (Å²) >= 11 is 0. The first-order valence-electron chi connectivity index (χ1n) is 4.57. The van der Waals surface area contributed by atoms with E-state index in [0.29, 0.717) is 11.4 Å². The van der Waals surface area contributed by atoms with Gasteiger partial charge in [0.05, 0.1) is 11.9 Å². The average Bonchev–Trinajstić information content (AvgIpc) is 2.22. The van der Waals surface area contributed by atoms with Gasteiger partial charge in [0, 0.05) is 11.8 Å². The number of benzene rings is 1. The zero-order valence-corrected chi connectivity index (χ0v) is 8.34. The largest absolute Gasteiger partial charge is 0.456 e. The minimum atomic E-state index is 0.673. The summed E-state index contributed by atoms with van der Waals surface area (Å²) in [6.07, 6.45) is 1.57. The Bertz CT molecular complexity index is 454. The van der Waals surface area contributed by atoms with Crippen LogP contribution in [-0.4, -0.2) is 10.2 Å². The lowest BCUT2D eigenvalue weighted by Crippen LogP contribution is -1.90. The molecule has 0 spiro atoms. The number of aromatic nitrogens is 2. The van der Waals surface area contributed by atoms with E-state index >= 15 is 0 Å². The third-order valence-corrected chi connectivity index (χ3v) is 1.87. The highest BCUT2D eigenvalue weighted by molar-refractivity contribution is 5.42. The molecule has 0 bridgehead atoms. The molecule has 2 rings (SSSR count). The van der Waals surface area contributed by atoms with Gasteiger partial charge in [0.15, 0.2) is 0 Å². The van der Waals surface area contributed by atoms with Gasteiger partial charge in [-0.15, -0.1) is 0 Å². The fraction of sp³-hybridized carbons (Fsp3) is 0.0909. The standard InChI is InChI=1S/C11H11N3O/c1-8-6-11(7-13-14-8)15-10-4-2-9(12)3-5-10/h2-7H,12H2,1H3. The minimum absolute atomic E-state index is 0.673. The van der Waals surface area contributed by atoms with Gasteiger partial charge < -0.3 is 10.5 Å². The van der Waals surface area contributed by atoms with Gasteiger partial charge in [-0.05, 0) is 31.2 Å². The third kappa shape index (κ3) is 2.43. The topological polar surface area (TPSA) is 61.0 Å². The van der Waals surface area contributed by atoms with Crippen molar-refractivity contribution in [2.45, 2.75) is 6.92 Å². The van der Waals surface area contributed by atoms with Crippen molar-refractivity contribution in [1.29, 1.82) is 0 Å². The molecule has 0 atom stereocenters. The van der Waals surface area contributed by atoms with Crippen LogP contribution in [0.3, 0.4) is 0 Å². The van der Waals surface area contributed by atoms with Crippen LogP contribution in [0.25, 0.3) is 0 Å². The van der Waals surface area contributed by atoms with E-state index < -0.39 is 0 Å². The van der Waals surface area contributed by atoms with Gasteiger partial charge in [-0.1, -0.05) is 0 Å². The van der Waals surface area contributed by atoms with Crippen LogP contribution in [0.4, 0.5) is 5.69 Å². The van der Waals surface area contributed by atoms with Gasteiger partial charge in [0.1, 0.15) is 11.5 Å². The first-order valence-corrected chi connectivity index (χ1v) is 4.57. The number of hydrogen-bond donors (Lipinski definition) is 1. The van der Waals surface area contributed by atoms with Gasteiger partial charge >= 0.3 is 0 Å². The van der Waals surface area contributed by atoms with E-state index in [9.17, 15) is 0 Å². The summed E-state index contributed by atoms with van der Waals surface area (Å²) in [4.78, 5) is 0. The Morgan fingerprint density at radius 2 is 1.87 bits per heavy atom. The van der Waals surface area contributed by atoms with E-state index in [1.54, 1.807) is 18.3 Å². The third-order valence-electron chi connectivity index (χ3n) is 1.87. The summed E-state index contributed by atoms with van der Waals surface area (Å²) in [6, 6.07) is 9.02. The van der Waals surface area contributed by atoms with Crippen LogP contribution in [0.15, 0.2) is 36.5 Å². The Morgan fingerprint density at radius 3 is 2.53 bits per heavy atom. The highest BCUT2D eigenvalue weighted by Crippen LogP contribution is 2.21. The highest BCUT2D eigenvalue weighted by atomic mass is 16.5. The van der Waals surface area contributed by atoms with Crippen LogP contribution in [0.2, 0.25) is 0 Å². The Hall–Kier alpha value is -2.10. The molecule has 2 aromatic rings. The smallest absolute Gasteiger partial charge is 0.149 e. The Kier molecular flexibility index (Phi) is 2.49. The molecule has 0 saturated heterocycles. The maximum Gasteiger partial charge on any atom is 0.149 e. The lowest BCUT2D eigenvalue weighted by atomic mass is 10.3. The molecule has 0 aliphatic rings. The summed E-state index contributed by atoms with van der Waals surface area (Å²) in [5, 5.41) is 7.64. The molecule has 0 amide bonds. The van der Waals surface area contributed by atoms with E-state index in [1.165, 1.54) is 0 Å². The number of ether oxygens (including phenoxy) is 1. The van der Waals surface area contributed by atoms with Crippen LogP contribution in [-0.2, 0) is 0 Å². The Balaban J connectivity index is 2.18. The number of hydrogen-bond acceptors (Lipinski definition) is 4. The van der Waals surface area contributed by atoms with Crippen molar-refractivity contribution in [2.75, 3.05) is 5.73 Å². The fourth-order valence-electron chi connectivity index (χ4n) is 1.18. The second-order valence-electron chi connectivity index (χ2n) is 3.20. The molecule has 4 nitrogen and oxygen atoms in total. The van der Waals surface area contributed by atoms with E-state index in [2.05, 4.69) is 10.2 Å². The number of nitrogens with zero attached hydrogens (tertiary/aromatic N) is 2. The SMILES string of the molecule is Cc1cc(Oc2ccc(N)cc2)cnn1. The van der Waals surface area contributed by atoms with Gasteiger partial charge in [0.2, 0.25) is 0 Å². The predicted octanol–water partition coefficient (Wildman–Crippen LogP) is 2.16. The number of anilines is 1. The zero-order valence-electron chi connectivity index (χ0n) is 8.34. The first-order chi connectivity index (χ1) is 7.24. The Morgan fingerprint density at radius 1 is 1.13 bits per heavy atom. The van der Waals surface area contributed by atoms with Crippen molar-refractivity contribution in [3.63, 3.8) is 0 Å². The zero-order chi connectivity index (χ0) is 10.7. The molecule has 0 radical (unpaired) electrons. The van der Waals surface area contributed by atoms with Crippen LogP contribution >= 0.6 is 0 Å². The molecular weight excluding hydrogens is 190 g/mol. The molecule has 4 heteroatoms. The minimum Gasteiger partial charge on any atom is -0.456 e. The monoisotopic (exact) mass is 201 g/mol. The number of aryl methyl sites for hydroxylation is 1. The second-order valence-corrected chi connectivity index (χ2v) is 3.20. The molecule has 0 saturated carbocycles. The normalized spacial score (nSPS) is 9.93. The van der Waals surface area contributed by atoms with Crippen molar-refractivity contribution in [2.24, 2.45) is 0 Å². The lowest BCUT2D eigenvalue weighted by molar-refractivity contribution is 0.477. The number of nitrogens with two attached hydrogens (primary N) is 1. The Labute approximate surface area is 87.7 Å². The molecule has 0 unspecified atom stereocenters. The number of nitrogen functional groups attached to an aromatic ring is 1. The van der Waals surface area contributed by atoms with E-state index in [4.69, 9.17) is 10.5 Å². The van der Waals surface area contributed by atoms with Crippen molar-refractivity contribution < 1.29 is 4.74 Å². The van der Waals surface area contributed by atoms with Crippen LogP contribution < -0.4 is 10.5 Å².